The van der Waals surface area contributed by atoms with E-state index in [9.17, 15) is 29.4 Å². The summed E-state index contributed by atoms with van der Waals surface area (Å²) in [6, 6.07) is 24.3. The first kappa shape index (κ1) is 36.8. The second-order valence-corrected chi connectivity index (χ2v) is 13.2. The van der Waals surface area contributed by atoms with Crippen LogP contribution in [-0.4, -0.2) is 69.5 Å². The maximum Gasteiger partial charge on any atom is 0.251 e. The normalized spacial score (nSPS) is 16.2. The molecule has 0 saturated carbocycles. The van der Waals surface area contributed by atoms with Gasteiger partial charge in [0.05, 0.1) is 12.1 Å². The predicted molar refractivity (Wildman–Crippen MR) is 193 cm³/mol. The zero-order valence-corrected chi connectivity index (χ0v) is 28.8. The number of phenols is 1. The van der Waals surface area contributed by atoms with Crippen molar-refractivity contribution in [3.63, 3.8) is 0 Å². The summed E-state index contributed by atoms with van der Waals surface area (Å²) < 4.78 is 0. The molecule has 4 amide bonds. The van der Waals surface area contributed by atoms with Crippen molar-refractivity contribution in [1.29, 1.82) is 0 Å². The quantitative estimate of drug-likeness (QED) is 0.124. The number of hydrogen-bond donors (Lipinski definition) is 6. The Morgan fingerprint density at radius 3 is 2.00 bits per heavy atom. The molecule has 0 aromatic heterocycles. The van der Waals surface area contributed by atoms with Crippen LogP contribution in [0.3, 0.4) is 0 Å². The third-order valence-electron chi connectivity index (χ3n) is 9.46. The van der Waals surface area contributed by atoms with Crippen molar-refractivity contribution in [2.24, 2.45) is 11.5 Å². The fourth-order valence-electron chi connectivity index (χ4n) is 6.78. The molecule has 0 spiro atoms. The molecular weight excluding hydrogens is 646 g/mol. The lowest BCUT2D eigenvalue weighted by atomic mass is 9.89. The molecule has 1 aliphatic rings. The maximum absolute atomic E-state index is 14.4. The molecule has 0 fully saturated rings. The van der Waals surface area contributed by atoms with E-state index in [1.54, 1.807) is 60.7 Å². The molecule has 5 atom stereocenters. The summed E-state index contributed by atoms with van der Waals surface area (Å²) in [5.41, 5.74) is 17.6. The Bertz CT molecular complexity index is 1840. The van der Waals surface area contributed by atoms with Gasteiger partial charge < -0.3 is 37.2 Å². The van der Waals surface area contributed by atoms with Gasteiger partial charge in [-0.3, -0.25) is 19.2 Å². The van der Waals surface area contributed by atoms with Crippen LogP contribution in [0.4, 0.5) is 0 Å². The number of aryl methyl sites for hydroxylation is 2. The van der Waals surface area contributed by atoms with Crippen molar-refractivity contribution in [3.05, 3.63) is 136 Å². The maximum atomic E-state index is 14.4. The molecule has 266 valence electrons. The van der Waals surface area contributed by atoms with E-state index in [0.717, 1.165) is 33.4 Å². The molecule has 0 aliphatic carbocycles. The number of nitrogens with one attached hydrogen (secondary N) is 2. The number of nitrogens with two attached hydrogens (primary N) is 2. The Kier molecular flexibility index (Phi) is 11.9. The molecule has 5 rings (SSSR count). The van der Waals surface area contributed by atoms with Crippen LogP contribution >= 0.6 is 0 Å². The van der Waals surface area contributed by atoms with Gasteiger partial charge in [-0.1, -0.05) is 84.9 Å². The van der Waals surface area contributed by atoms with Gasteiger partial charge in [-0.2, -0.15) is 0 Å². The van der Waals surface area contributed by atoms with Crippen LogP contribution < -0.4 is 22.1 Å². The van der Waals surface area contributed by atoms with Crippen LogP contribution in [0.1, 0.15) is 45.0 Å². The summed E-state index contributed by atoms with van der Waals surface area (Å²) in [4.78, 5) is 55.8. The number of carbonyl (C=O) groups is 4. The third kappa shape index (κ3) is 8.99. The van der Waals surface area contributed by atoms with Crippen LogP contribution in [0.5, 0.6) is 5.75 Å². The number of primary amides is 1. The van der Waals surface area contributed by atoms with Crippen molar-refractivity contribution >= 4 is 23.6 Å². The molecule has 4 aromatic carbocycles. The van der Waals surface area contributed by atoms with E-state index in [1.165, 1.54) is 4.90 Å². The Labute approximate surface area is 297 Å². The van der Waals surface area contributed by atoms with E-state index in [4.69, 9.17) is 11.5 Å². The number of aliphatic hydroxyl groups is 1. The van der Waals surface area contributed by atoms with Gasteiger partial charge in [-0.25, -0.2) is 0 Å². The predicted octanol–water partition coefficient (Wildman–Crippen LogP) is 2.31. The largest absolute Gasteiger partial charge is 0.508 e. The zero-order valence-electron chi connectivity index (χ0n) is 28.8. The fourth-order valence-corrected chi connectivity index (χ4v) is 6.78. The lowest BCUT2D eigenvalue weighted by molar-refractivity contribution is -0.143. The summed E-state index contributed by atoms with van der Waals surface area (Å²) in [7, 11) is 0. The van der Waals surface area contributed by atoms with Gasteiger partial charge >= 0.3 is 0 Å². The smallest absolute Gasteiger partial charge is 0.251 e. The zero-order chi connectivity index (χ0) is 36.7. The molecule has 11 heteroatoms. The summed E-state index contributed by atoms with van der Waals surface area (Å²) >= 11 is 0. The van der Waals surface area contributed by atoms with E-state index in [0.29, 0.717) is 12.0 Å². The van der Waals surface area contributed by atoms with E-state index < -0.39 is 53.9 Å². The Morgan fingerprint density at radius 2 is 1.39 bits per heavy atom. The Morgan fingerprint density at radius 1 is 0.824 bits per heavy atom. The van der Waals surface area contributed by atoms with Gasteiger partial charge in [0, 0.05) is 13.0 Å². The second-order valence-electron chi connectivity index (χ2n) is 13.2. The van der Waals surface area contributed by atoms with Gasteiger partial charge in [-0.15, -0.1) is 0 Å². The molecule has 1 heterocycles. The average Bonchev–Trinajstić information content (AvgIpc) is 3.12. The lowest BCUT2D eigenvalue weighted by Crippen LogP contribution is -2.58. The highest BCUT2D eigenvalue weighted by Gasteiger charge is 2.40. The van der Waals surface area contributed by atoms with Gasteiger partial charge in [0.25, 0.3) is 5.91 Å². The van der Waals surface area contributed by atoms with E-state index in [2.05, 4.69) is 10.6 Å². The van der Waals surface area contributed by atoms with Crippen LogP contribution in [0.15, 0.2) is 97.1 Å². The summed E-state index contributed by atoms with van der Waals surface area (Å²) in [6.45, 7) is 3.91. The number of carbonyl (C=O) groups excluding carboxylic acids is 4. The molecule has 4 aromatic rings. The molecular formula is C40H45N5O6. The van der Waals surface area contributed by atoms with Crippen LogP contribution in [-0.2, 0) is 44.9 Å². The summed E-state index contributed by atoms with van der Waals surface area (Å²) in [5, 5.41) is 26.9. The Hall–Kier alpha value is -5.52. The highest BCUT2D eigenvalue weighted by Crippen LogP contribution is 2.31. The number of aromatic hydroxyl groups is 1. The minimum Gasteiger partial charge on any atom is -0.508 e. The third-order valence-corrected chi connectivity index (χ3v) is 9.46. The molecule has 1 aliphatic heterocycles. The highest BCUT2D eigenvalue weighted by atomic mass is 16.3. The van der Waals surface area contributed by atoms with Crippen LogP contribution in [0, 0.1) is 13.8 Å². The van der Waals surface area contributed by atoms with Crippen LogP contribution in [0.2, 0.25) is 0 Å². The molecule has 0 saturated heterocycles. The van der Waals surface area contributed by atoms with Gasteiger partial charge in [0.15, 0.2) is 6.10 Å². The van der Waals surface area contributed by atoms with Crippen LogP contribution in [0.25, 0.3) is 0 Å². The molecule has 1 unspecified atom stereocenters. The number of aliphatic hydroxyl groups excluding tert-OH is 1. The molecule has 51 heavy (non-hydrogen) atoms. The second kappa shape index (κ2) is 16.5. The molecule has 11 nitrogen and oxygen atoms in total. The van der Waals surface area contributed by atoms with Gasteiger partial charge in [0.1, 0.15) is 17.8 Å². The number of rotatable bonds is 13. The molecule has 0 bridgehead atoms. The molecule has 8 N–H and O–H groups in total. The number of hydrogen-bond acceptors (Lipinski definition) is 7. The van der Waals surface area contributed by atoms with Crippen molar-refractivity contribution in [1.82, 2.24) is 15.5 Å². The first-order valence-corrected chi connectivity index (χ1v) is 17.0. The minimum absolute atomic E-state index is 0.0717. The van der Waals surface area contributed by atoms with Crippen molar-refractivity contribution in [3.8, 4) is 5.75 Å². The topological polar surface area (TPSA) is 188 Å². The van der Waals surface area contributed by atoms with E-state index in [1.807, 2.05) is 50.2 Å². The van der Waals surface area contributed by atoms with Crippen molar-refractivity contribution < 1.29 is 29.4 Å². The summed E-state index contributed by atoms with van der Waals surface area (Å²) in [6.07, 6.45) is -0.892. The standard InChI is InChI=1S/C40H45N5O6/c1-24-19-29(46)20-25(2)31(24)23-32(41)40(51)45-18-17-28-15-9-10-16-30(28)35(45)38(49)43-33(21-26-11-5-3-6-12-26)36(47)39(50)44-34(37(42)48)22-27-13-7-4-8-14-27/h3-16,19-20,32-36,46-47H,17-18,21-23,41H2,1-2H3,(H2,42,48)(H,43,49)(H,44,50)/t32-,33-,34-,35?,36+/m0/s1. The number of benzene rings is 4. The Balaban J connectivity index is 1.41. The first-order valence-electron chi connectivity index (χ1n) is 17.0. The molecule has 0 radical (unpaired) electrons. The number of phenolic OH excluding ortho intramolecular Hbond substituents is 1. The van der Waals surface area contributed by atoms with Crippen molar-refractivity contribution in [2.75, 3.05) is 6.54 Å². The monoisotopic (exact) mass is 691 g/mol. The van der Waals surface area contributed by atoms with Crippen molar-refractivity contribution in [2.45, 2.75) is 69.8 Å². The lowest BCUT2D eigenvalue weighted by Gasteiger charge is -2.38. The summed E-state index contributed by atoms with van der Waals surface area (Å²) in [5.74, 6) is -2.55. The van der Waals surface area contributed by atoms with Gasteiger partial charge in [-0.05, 0) is 84.2 Å². The highest BCUT2D eigenvalue weighted by molar-refractivity contribution is 5.93. The number of amides is 4. The van der Waals surface area contributed by atoms with E-state index >= 15 is 0 Å². The number of fused-ring (bicyclic) bond motifs is 1. The van der Waals surface area contributed by atoms with Gasteiger partial charge in [0.2, 0.25) is 17.7 Å². The first-order chi connectivity index (χ1) is 24.4. The average molecular weight is 692 g/mol. The fraction of sp³-hybridized carbons (Fsp3) is 0.300. The number of nitrogens with zero attached hydrogens (tertiary/aromatic N) is 1. The minimum atomic E-state index is -1.78. The van der Waals surface area contributed by atoms with E-state index in [-0.39, 0.29) is 31.6 Å². The SMILES string of the molecule is Cc1cc(O)cc(C)c1C[C@H](N)C(=O)N1CCc2ccccc2C1C(=O)N[C@@H](Cc1ccccc1)[C@@H](O)C(=O)N[C@@H](Cc1ccccc1)C(N)=O.